The number of hydrogen-bond acceptors (Lipinski definition) is 15. The summed E-state index contributed by atoms with van der Waals surface area (Å²) in [5.74, 6) is -3.41. The second kappa shape index (κ2) is 31.1. The standard InChI is InChI=1S/C61H81F3N14O11/c1-7-15-53(82)77(39(4)79)25-13-8-10-17-51(80)72-54(38(2)3)56(84)69-47(16-14-22-66-58(65)86)55(83)68-43-20-18-40(19-21-43)34-89-59(87)74(5)33-52(81)71-48-28-42(60(35-88-36-60)30-50-73-67-37-75(50)6)29-49(70-48)78-32-45-44(57(78)85)26-41(27-46(45)61(62,63)64)31-76-23-11-9-12-24-76/h18-21,26-29,37-38,47,54H,7-17,22-25,30-36H2,1-6H3,(H,68,83)(H,69,84)(H,72,80)(H3,65,66,86)(H,70,71,81). The van der Waals surface area contributed by atoms with E-state index in [9.17, 15) is 56.3 Å². The highest BCUT2D eigenvalue weighted by Crippen LogP contribution is 2.42. The lowest BCUT2D eigenvalue weighted by Gasteiger charge is -2.42. The fourth-order valence-corrected chi connectivity index (χ4v) is 10.9. The first-order valence-corrected chi connectivity index (χ1v) is 30.1. The van der Waals surface area contributed by atoms with Gasteiger partial charge in [0, 0.05) is 76.6 Å². The van der Waals surface area contributed by atoms with Crippen molar-refractivity contribution in [2.24, 2.45) is 18.7 Å². The maximum atomic E-state index is 14.8. The number of fused-ring (bicyclic) bond motifs is 1. The summed E-state index contributed by atoms with van der Waals surface area (Å²) < 4.78 is 57.4. The number of carbonyl (C=O) groups excluding carboxylic acids is 9. The fraction of sp³-hybridized carbons (Fsp3) is 0.541. The van der Waals surface area contributed by atoms with Gasteiger partial charge in [-0.25, -0.2) is 14.6 Å². The van der Waals surface area contributed by atoms with E-state index >= 15 is 0 Å². The zero-order valence-corrected chi connectivity index (χ0v) is 51.3. The molecule has 2 aromatic carbocycles. The number of hydrogen-bond donors (Lipinski definition) is 6. The predicted octanol–water partition coefficient (Wildman–Crippen LogP) is 5.84. The topological polar surface area (TPSA) is 315 Å². The second-order valence-electron chi connectivity index (χ2n) is 23.4. The van der Waals surface area contributed by atoms with Crippen LogP contribution in [-0.2, 0) is 83.0 Å². The van der Waals surface area contributed by atoms with Crippen LogP contribution in [0.3, 0.4) is 0 Å². The lowest BCUT2D eigenvalue weighted by atomic mass is 9.75. The Hall–Kier alpha value is -8.53. The van der Waals surface area contributed by atoms with Gasteiger partial charge in [-0.1, -0.05) is 45.7 Å². The van der Waals surface area contributed by atoms with Crippen molar-refractivity contribution in [3.63, 3.8) is 0 Å². The number of urea groups is 1. The van der Waals surface area contributed by atoms with Crippen molar-refractivity contribution in [1.29, 1.82) is 0 Å². The van der Waals surface area contributed by atoms with Crippen molar-refractivity contribution in [3.8, 4) is 0 Å². The van der Waals surface area contributed by atoms with E-state index in [1.54, 1.807) is 68.2 Å². The predicted molar refractivity (Wildman–Crippen MR) is 320 cm³/mol. The van der Waals surface area contributed by atoms with Gasteiger partial charge in [-0.05, 0) is 123 Å². The Morgan fingerprint density at radius 2 is 1.61 bits per heavy atom. The summed E-state index contributed by atoms with van der Waals surface area (Å²) in [5, 5.41) is 21.7. The summed E-state index contributed by atoms with van der Waals surface area (Å²) in [4.78, 5) is 128. The van der Waals surface area contributed by atoms with Crippen LogP contribution >= 0.6 is 0 Å². The number of primary amides is 1. The van der Waals surface area contributed by atoms with E-state index in [0.29, 0.717) is 60.3 Å². The fourth-order valence-electron chi connectivity index (χ4n) is 10.9. The molecule has 25 nitrogen and oxygen atoms in total. The molecule has 28 heteroatoms. The first-order valence-electron chi connectivity index (χ1n) is 30.1. The van der Waals surface area contributed by atoms with Crippen LogP contribution in [0, 0.1) is 5.92 Å². The van der Waals surface area contributed by atoms with Gasteiger partial charge >= 0.3 is 18.3 Å². The van der Waals surface area contributed by atoms with E-state index in [4.69, 9.17) is 15.2 Å². The minimum absolute atomic E-state index is 0.00881. The van der Waals surface area contributed by atoms with Gasteiger partial charge in [0.15, 0.2) is 0 Å². The van der Waals surface area contributed by atoms with Gasteiger partial charge in [0.2, 0.25) is 35.4 Å². The number of likely N-dealkylation sites (tertiary alicyclic amines) is 1. The Morgan fingerprint density at radius 1 is 0.876 bits per heavy atom. The number of amides is 10. The molecule has 5 heterocycles. The summed E-state index contributed by atoms with van der Waals surface area (Å²) in [7, 11) is 3.11. The summed E-state index contributed by atoms with van der Waals surface area (Å²) >= 11 is 0. The molecule has 0 aliphatic carbocycles. The Bertz CT molecular complexity index is 3200. The van der Waals surface area contributed by atoms with Gasteiger partial charge in [0.05, 0.1) is 25.3 Å². The molecule has 4 aromatic rings. The lowest BCUT2D eigenvalue weighted by molar-refractivity contribution is -0.144. The zero-order chi connectivity index (χ0) is 64.6. The van der Waals surface area contributed by atoms with Crippen molar-refractivity contribution >= 4 is 70.8 Å². The van der Waals surface area contributed by atoms with Crippen LogP contribution in [0.1, 0.15) is 142 Å². The Labute approximate surface area is 514 Å². The number of halogens is 3. The third-order valence-corrected chi connectivity index (χ3v) is 15.9. The minimum Gasteiger partial charge on any atom is -0.445 e. The molecule has 0 radical (unpaired) electrons. The molecule has 89 heavy (non-hydrogen) atoms. The smallest absolute Gasteiger partial charge is 0.416 e. The van der Waals surface area contributed by atoms with Crippen LogP contribution in [0.4, 0.5) is 40.1 Å². The van der Waals surface area contributed by atoms with Crippen molar-refractivity contribution in [3.05, 3.63) is 94.1 Å². The number of nitrogens with two attached hydrogens (primary N) is 1. The van der Waals surface area contributed by atoms with Crippen molar-refractivity contribution in [2.75, 3.05) is 68.5 Å². The molecule has 0 spiro atoms. The van der Waals surface area contributed by atoms with Crippen LogP contribution in [0.15, 0.2) is 54.9 Å². The number of aryl methyl sites for hydroxylation is 1. The van der Waals surface area contributed by atoms with Crippen LogP contribution in [0.5, 0.6) is 0 Å². The number of imide groups is 1. The number of nitrogens with one attached hydrogen (secondary N) is 5. The number of carbonyl (C=O) groups is 9. The molecule has 2 saturated heterocycles. The van der Waals surface area contributed by atoms with E-state index in [2.05, 4.69) is 46.7 Å². The lowest BCUT2D eigenvalue weighted by Crippen LogP contribution is -2.54. The summed E-state index contributed by atoms with van der Waals surface area (Å²) in [6.07, 6.45) is 1.90. The molecule has 7 N–H and O–H groups in total. The van der Waals surface area contributed by atoms with Crippen LogP contribution in [-0.4, -0.2) is 153 Å². The molecule has 2 atom stereocenters. The normalized spacial score (nSPS) is 15.3. The van der Waals surface area contributed by atoms with Crippen molar-refractivity contribution in [2.45, 2.75) is 148 Å². The number of nitrogens with zero attached hydrogens (tertiary/aromatic N) is 8. The molecule has 2 aromatic heterocycles. The Kier molecular flexibility index (Phi) is 23.7. The summed E-state index contributed by atoms with van der Waals surface area (Å²) in [6.45, 7) is 7.95. The van der Waals surface area contributed by atoms with Crippen molar-refractivity contribution in [1.82, 2.24) is 50.4 Å². The summed E-state index contributed by atoms with van der Waals surface area (Å²) in [5.41, 5.74) is 5.07. The van der Waals surface area contributed by atoms with Crippen LogP contribution in [0.25, 0.3) is 0 Å². The van der Waals surface area contributed by atoms with E-state index in [-0.39, 0.29) is 106 Å². The molecule has 10 amide bonds. The number of benzene rings is 2. The SMILES string of the molecule is CCCC(=O)N(CCCCCC(=O)NC(C(=O)NC(CCCNC(N)=O)C(=O)Nc1ccc(COC(=O)N(C)CC(=O)Nc2cc(C3(Cc4nncn4C)COC3)cc(N3Cc4c(cc(CN5CCCCC5)cc4C(F)(F)F)C3=O)n2)cc1)C(C)C)C(C)=O. The number of anilines is 3. The highest BCUT2D eigenvalue weighted by molar-refractivity contribution is 6.10. The number of rotatable bonds is 29. The number of pyridine rings is 1. The molecule has 482 valence electrons. The highest BCUT2D eigenvalue weighted by atomic mass is 19.4. The maximum absolute atomic E-state index is 14.8. The number of alkyl halides is 3. The van der Waals surface area contributed by atoms with E-state index in [1.165, 1.54) is 29.8 Å². The Morgan fingerprint density at radius 3 is 2.24 bits per heavy atom. The molecule has 0 bridgehead atoms. The van der Waals surface area contributed by atoms with Gasteiger partial charge in [-0.3, -0.25) is 48.3 Å². The number of aromatic nitrogens is 4. The highest BCUT2D eigenvalue weighted by Gasteiger charge is 2.45. The number of piperidine rings is 1. The molecular formula is C61H81F3N14O11. The second-order valence-corrected chi connectivity index (χ2v) is 23.4. The molecule has 3 aliphatic heterocycles. The number of likely N-dealkylation sites (N-methyl/N-ethyl adjacent to an activating group) is 1. The monoisotopic (exact) mass is 1240 g/mol. The molecule has 0 saturated carbocycles. The largest absolute Gasteiger partial charge is 0.445 e. The van der Waals surface area contributed by atoms with Crippen LogP contribution < -0.4 is 37.2 Å². The zero-order valence-electron chi connectivity index (χ0n) is 51.3. The molecule has 7 rings (SSSR count). The van der Waals surface area contributed by atoms with E-state index in [1.807, 2.05) is 6.92 Å². The van der Waals surface area contributed by atoms with Gasteiger partial charge < -0.3 is 51.3 Å². The van der Waals surface area contributed by atoms with Gasteiger partial charge in [-0.2, -0.15) is 13.2 Å². The Balaban J connectivity index is 0.961. The third kappa shape index (κ3) is 18.8. The minimum atomic E-state index is -4.76. The molecular weight excluding hydrogens is 1160 g/mol. The summed E-state index contributed by atoms with van der Waals surface area (Å²) in [6, 6.07) is 9.22. The number of unbranched alkanes of at least 4 members (excludes halogenated alkanes) is 2. The van der Waals surface area contributed by atoms with Gasteiger partial charge in [-0.15, -0.1) is 10.2 Å². The van der Waals surface area contributed by atoms with E-state index in [0.717, 1.165) is 43.3 Å². The van der Waals surface area contributed by atoms with Gasteiger partial charge in [0.1, 0.15) is 49.0 Å². The molecule has 2 fully saturated rings. The van der Waals surface area contributed by atoms with E-state index < -0.39 is 84.0 Å². The van der Waals surface area contributed by atoms with Gasteiger partial charge in [0.25, 0.3) is 5.91 Å². The molecule has 2 unspecified atom stereocenters. The number of ether oxygens (including phenoxy) is 2. The van der Waals surface area contributed by atoms with Crippen molar-refractivity contribution < 1.29 is 65.8 Å². The first-order chi connectivity index (χ1) is 42.3. The quantitative estimate of drug-likeness (QED) is 0.0348. The average Bonchev–Trinajstić information content (AvgIpc) is 1.72. The average molecular weight is 1240 g/mol. The van der Waals surface area contributed by atoms with Crippen LogP contribution in [0.2, 0.25) is 0 Å². The first kappa shape index (κ1) is 68.0. The third-order valence-electron chi connectivity index (χ3n) is 15.9. The maximum Gasteiger partial charge on any atom is 0.416 e. The molecule has 3 aliphatic rings.